The lowest BCUT2D eigenvalue weighted by atomic mass is 9.96. The molecule has 0 radical (unpaired) electrons. The van der Waals surface area contributed by atoms with Crippen molar-refractivity contribution in [2.24, 2.45) is 5.92 Å². The van der Waals surface area contributed by atoms with E-state index in [0.717, 1.165) is 48.2 Å². The first-order valence-corrected chi connectivity index (χ1v) is 9.50. The van der Waals surface area contributed by atoms with E-state index in [-0.39, 0.29) is 24.3 Å². The number of pyridine rings is 1. The molecule has 0 aliphatic carbocycles. The summed E-state index contributed by atoms with van der Waals surface area (Å²) in [6.07, 6.45) is 6.56. The third kappa shape index (κ3) is 3.13. The van der Waals surface area contributed by atoms with Gasteiger partial charge in [0, 0.05) is 18.7 Å². The van der Waals surface area contributed by atoms with E-state index in [9.17, 15) is 4.39 Å². The Kier molecular flexibility index (Phi) is 4.17. The molecule has 0 amide bonds. The van der Waals surface area contributed by atoms with Gasteiger partial charge in [0.25, 0.3) is 0 Å². The molecule has 4 unspecified atom stereocenters. The molecule has 5 rings (SSSR count). The molecule has 140 valence electrons. The zero-order valence-electron chi connectivity index (χ0n) is 15.2. The lowest BCUT2D eigenvalue weighted by Gasteiger charge is -2.17. The molecule has 6 heteroatoms. The van der Waals surface area contributed by atoms with Crippen LogP contribution in [0.25, 0.3) is 11.0 Å². The monoisotopic (exact) mass is 367 g/mol. The minimum absolute atomic E-state index is 0.00823. The van der Waals surface area contributed by atoms with Crippen LogP contribution in [0.15, 0.2) is 42.7 Å². The van der Waals surface area contributed by atoms with Crippen LogP contribution in [-0.2, 0) is 16.0 Å². The average molecular weight is 367 g/mol. The van der Waals surface area contributed by atoms with Gasteiger partial charge < -0.3 is 14.0 Å². The highest BCUT2D eigenvalue weighted by atomic mass is 19.1. The first-order valence-electron chi connectivity index (χ1n) is 9.50. The van der Waals surface area contributed by atoms with Crippen molar-refractivity contribution in [1.82, 2.24) is 14.5 Å². The van der Waals surface area contributed by atoms with Crippen LogP contribution in [0, 0.1) is 18.7 Å². The molecule has 0 N–H and O–H groups in total. The molecule has 3 aromatic rings. The minimum atomic E-state index is -0.216. The molecule has 0 spiro atoms. The van der Waals surface area contributed by atoms with Crippen molar-refractivity contribution in [2.45, 2.75) is 51.2 Å². The van der Waals surface area contributed by atoms with E-state index in [1.165, 1.54) is 12.1 Å². The van der Waals surface area contributed by atoms with Crippen LogP contribution in [0.4, 0.5) is 4.39 Å². The van der Waals surface area contributed by atoms with Crippen molar-refractivity contribution in [3.63, 3.8) is 0 Å². The number of benzene rings is 1. The summed E-state index contributed by atoms with van der Waals surface area (Å²) < 4.78 is 27.6. The highest BCUT2D eigenvalue weighted by molar-refractivity contribution is 5.74. The number of hydrogen-bond donors (Lipinski definition) is 0. The van der Waals surface area contributed by atoms with Gasteiger partial charge in [-0.3, -0.25) is 4.98 Å². The van der Waals surface area contributed by atoms with E-state index in [1.54, 1.807) is 24.5 Å². The van der Waals surface area contributed by atoms with E-state index in [1.807, 2.05) is 13.0 Å². The normalized spacial score (nSPS) is 27.3. The molecule has 4 heterocycles. The maximum absolute atomic E-state index is 13.1. The van der Waals surface area contributed by atoms with Gasteiger partial charge in [0.2, 0.25) is 0 Å². The quantitative estimate of drug-likeness (QED) is 0.695. The fourth-order valence-corrected chi connectivity index (χ4v) is 4.38. The number of imidazole rings is 1. The minimum Gasteiger partial charge on any atom is -0.349 e. The summed E-state index contributed by atoms with van der Waals surface area (Å²) in [5, 5.41) is 0. The molecule has 5 nitrogen and oxygen atoms in total. The SMILES string of the molecule is Cc1nc2cnccc2n1CCC1CC2CC(c3ccc(F)cc3)OC2O1. The van der Waals surface area contributed by atoms with Crippen LogP contribution in [0.1, 0.15) is 36.8 Å². The number of halogens is 1. The zero-order chi connectivity index (χ0) is 18.4. The van der Waals surface area contributed by atoms with Gasteiger partial charge in [0.1, 0.15) is 17.2 Å². The Morgan fingerprint density at radius 2 is 2.00 bits per heavy atom. The van der Waals surface area contributed by atoms with Gasteiger partial charge in [0.05, 0.1) is 23.9 Å². The molecule has 1 aromatic carbocycles. The van der Waals surface area contributed by atoms with E-state index in [2.05, 4.69) is 14.5 Å². The lowest BCUT2D eigenvalue weighted by Crippen LogP contribution is -2.16. The first kappa shape index (κ1) is 16.8. The third-order valence-electron chi connectivity index (χ3n) is 5.75. The second-order valence-electron chi connectivity index (χ2n) is 7.50. The van der Waals surface area contributed by atoms with Crippen LogP contribution in [0.2, 0.25) is 0 Å². The number of aromatic nitrogens is 3. The fourth-order valence-electron chi connectivity index (χ4n) is 4.38. The number of ether oxygens (including phenoxy) is 2. The topological polar surface area (TPSA) is 49.2 Å². The molecule has 2 aliphatic heterocycles. The van der Waals surface area contributed by atoms with E-state index >= 15 is 0 Å². The maximum atomic E-state index is 13.1. The van der Waals surface area contributed by atoms with Gasteiger partial charge in [-0.1, -0.05) is 12.1 Å². The van der Waals surface area contributed by atoms with Gasteiger partial charge in [-0.15, -0.1) is 0 Å². The first-order chi connectivity index (χ1) is 13.2. The summed E-state index contributed by atoms with van der Waals surface area (Å²) in [5.41, 5.74) is 3.08. The van der Waals surface area contributed by atoms with Crippen LogP contribution >= 0.6 is 0 Å². The molecule has 2 aromatic heterocycles. The van der Waals surface area contributed by atoms with E-state index in [4.69, 9.17) is 9.47 Å². The molecule has 0 bridgehead atoms. The Morgan fingerprint density at radius 1 is 1.15 bits per heavy atom. The number of aryl methyl sites for hydroxylation is 2. The summed E-state index contributed by atoms with van der Waals surface area (Å²) in [6, 6.07) is 8.60. The summed E-state index contributed by atoms with van der Waals surface area (Å²) in [6.45, 7) is 2.90. The van der Waals surface area contributed by atoms with Gasteiger partial charge in [-0.2, -0.15) is 0 Å². The molecule has 4 atom stereocenters. The van der Waals surface area contributed by atoms with E-state index < -0.39 is 0 Å². The smallest absolute Gasteiger partial charge is 0.161 e. The Hall–Kier alpha value is -2.31. The van der Waals surface area contributed by atoms with Gasteiger partial charge in [-0.25, -0.2) is 9.37 Å². The standard InChI is InChI=1S/C21H22FN3O2/c1-13-24-18-12-23-8-6-19(18)25(13)9-7-17-10-15-11-20(27-21(15)26-17)14-2-4-16(22)5-3-14/h2-6,8,12,15,17,20-21H,7,9-11H2,1H3. The highest BCUT2D eigenvalue weighted by Gasteiger charge is 2.44. The number of fused-ring (bicyclic) bond motifs is 2. The van der Waals surface area contributed by atoms with Crippen LogP contribution in [-0.4, -0.2) is 26.9 Å². The number of hydrogen-bond acceptors (Lipinski definition) is 4. The lowest BCUT2D eigenvalue weighted by molar-refractivity contribution is -0.141. The van der Waals surface area contributed by atoms with Crippen molar-refractivity contribution in [3.05, 3.63) is 59.9 Å². The average Bonchev–Trinajstić information content (AvgIpc) is 3.31. The van der Waals surface area contributed by atoms with Crippen LogP contribution < -0.4 is 0 Å². The second-order valence-corrected chi connectivity index (χ2v) is 7.50. The van der Waals surface area contributed by atoms with Crippen LogP contribution in [0.5, 0.6) is 0 Å². The molecular formula is C21H22FN3O2. The molecule has 0 saturated carbocycles. The highest BCUT2D eigenvalue weighted by Crippen LogP contribution is 2.45. The van der Waals surface area contributed by atoms with Gasteiger partial charge >= 0.3 is 0 Å². The number of rotatable bonds is 4. The third-order valence-corrected chi connectivity index (χ3v) is 5.75. The maximum Gasteiger partial charge on any atom is 0.161 e. The summed E-state index contributed by atoms with van der Waals surface area (Å²) in [7, 11) is 0. The zero-order valence-corrected chi connectivity index (χ0v) is 15.2. The van der Waals surface area contributed by atoms with Crippen molar-refractivity contribution in [1.29, 1.82) is 0 Å². The Balaban J connectivity index is 1.21. The summed E-state index contributed by atoms with van der Waals surface area (Å²) in [5.74, 6) is 1.20. The molecule has 2 fully saturated rings. The van der Waals surface area contributed by atoms with Crippen molar-refractivity contribution in [3.8, 4) is 0 Å². The van der Waals surface area contributed by atoms with Crippen molar-refractivity contribution in [2.75, 3.05) is 0 Å². The predicted octanol–water partition coefficient (Wildman–Crippen LogP) is 4.16. The Labute approximate surface area is 157 Å². The van der Waals surface area contributed by atoms with Crippen molar-refractivity contribution >= 4 is 11.0 Å². The van der Waals surface area contributed by atoms with E-state index in [0.29, 0.717) is 5.92 Å². The Bertz CT molecular complexity index is 942. The Morgan fingerprint density at radius 3 is 2.81 bits per heavy atom. The van der Waals surface area contributed by atoms with Crippen molar-refractivity contribution < 1.29 is 13.9 Å². The molecule has 2 aliphatic rings. The molecule has 2 saturated heterocycles. The predicted molar refractivity (Wildman–Crippen MR) is 98.5 cm³/mol. The second kappa shape index (κ2) is 6.69. The summed E-state index contributed by atoms with van der Waals surface area (Å²) >= 11 is 0. The fraction of sp³-hybridized carbons (Fsp3) is 0.429. The van der Waals surface area contributed by atoms with Crippen LogP contribution in [0.3, 0.4) is 0 Å². The molecular weight excluding hydrogens is 345 g/mol. The largest absolute Gasteiger partial charge is 0.349 e. The van der Waals surface area contributed by atoms with Gasteiger partial charge in [-0.05, 0) is 49.9 Å². The number of nitrogens with zero attached hydrogens (tertiary/aromatic N) is 3. The van der Waals surface area contributed by atoms with Gasteiger partial charge in [0.15, 0.2) is 6.29 Å². The summed E-state index contributed by atoms with van der Waals surface area (Å²) in [4.78, 5) is 8.72. The molecule has 27 heavy (non-hydrogen) atoms.